The predicted octanol–water partition coefficient (Wildman–Crippen LogP) is 2.85. The van der Waals surface area contributed by atoms with Crippen LogP contribution >= 0.6 is 0 Å². The zero-order valence-corrected chi connectivity index (χ0v) is 9.86. The lowest BCUT2D eigenvalue weighted by molar-refractivity contribution is 0.256. The molecule has 2 fully saturated rings. The Morgan fingerprint density at radius 2 is 2.12 bits per heavy atom. The number of hydrogen-bond acceptors (Lipinski definition) is 2. The Hall–Kier alpha value is -0.890. The lowest BCUT2D eigenvalue weighted by atomic mass is 9.86. The lowest BCUT2D eigenvalue weighted by Gasteiger charge is -2.23. The van der Waals surface area contributed by atoms with Crippen LogP contribution in [0.3, 0.4) is 0 Å². The maximum Gasteiger partial charge on any atom is 0.0312 e. The van der Waals surface area contributed by atoms with E-state index in [1.165, 1.54) is 50.8 Å². The fourth-order valence-corrected chi connectivity index (χ4v) is 3.45. The zero-order valence-electron chi connectivity index (χ0n) is 9.86. The van der Waals surface area contributed by atoms with Gasteiger partial charge in [-0.25, -0.2) is 0 Å². The van der Waals surface area contributed by atoms with Gasteiger partial charge in [0.05, 0.1) is 0 Å². The SMILES string of the molecule is c1cncc(CN2CCC3(CCCC3)C2)c1. The van der Waals surface area contributed by atoms with Crippen molar-refractivity contribution in [1.82, 2.24) is 9.88 Å². The standard InChI is InChI=1S/C14H20N2/c1-2-6-14(5-1)7-9-16(12-14)11-13-4-3-8-15-10-13/h3-4,8,10H,1-2,5-7,9,11-12H2. The topological polar surface area (TPSA) is 16.1 Å². The Kier molecular flexibility index (Phi) is 2.68. The van der Waals surface area contributed by atoms with E-state index >= 15 is 0 Å². The maximum absolute atomic E-state index is 4.19. The molecule has 0 radical (unpaired) electrons. The molecule has 3 rings (SSSR count). The van der Waals surface area contributed by atoms with Crippen LogP contribution in [-0.4, -0.2) is 23.0 Å². The molecule has 1 saturated carbocycles. The van der Waals surface area contributed by atoms with Gasteiger partial charge in [-0.05, 0) is 42.9 Å². The molecule has 1 spiro atoms. The van der Waals surface area contributed by atoms with Crippen LogP contribution in [0.4, 0.5) is 0 Å². The van der Waals surface area contributed by atoms with Crippen molar-refractivity contribution in [3.63, 3.8) is 0 Å². The smallest absolute Gasteiger partial charge is 0.0312 e. The summed E-state index contributed by atoms with van der Waals surface area (Å²) in [7, 11) is 0. The van der Waals surface area contributed by atoms with Gasteiger partial charge in [0.1, 0.15) is 0 Å². The molecule has 0 aromatic carbocycles. The summed E-state index contributed by atoms with van der Waals surface area (Å²) in [5.41, 5.74) is 2.06. The maximum atomic E-state index is 4.19. The summed E-state index contributed by atoms with van der Waals surface area (Å²) in [4.78, 5) is 6.80. The van der Waals surface area contributed by atoms with Gasteiger partial charge < -0.3 is 0 Å². The van der Waals surface area contributed by atoms with Gasteiger partial charge in [-0.1, -0.05) is 18.9 Å². The zero-order chi connectivity index (χ0) is 10.8. The highest BCUT2D eigenvalue weighted by atomic mass is 15.2. The third kappa shape index (κ3) is 1.99. The van der Waals surface area contributed by atoms with Gasteiger partial charge in [0.15, 0.2) is 0 Å². The van der Waals surface area contributed by atoms with E-state index in [1.807, 2.05) is 18.5 Å². The van der Waals surface area contributed by atoms with E-state index in [1.54, 1.807) is 0 Å². The van der Waals surface area contributed by atoms with Gasteiger partial charge >= 0.3 is 0 Å². The van der Waals surface area contributed by atoms with Crippen LogP contribution in [0.1, 0.15) is 37.7 Å². The molecule has 0 unspecified atom stereocenters. The quantitative estimate of drug-likeness (QED) is 0.755. The molecule has 1 saturated heterocycles. The Labute approximate surface area is 97.7 Å². The van der Waals surface area contributed by atoms with Gasteiger partial charge in [0, 0.05) is 25.5 Å². The van der Waals surface area contributed by atoms with Crippen molar-refractivity contribution in [2.45, 2.75) is 38.6 Å². The van der Waals surface area contributed by atoms with Crippen LogP contribution in [0.15, 0.2) is 24.5 Å². The Balaban J connectivity index is 1.62. The Morgan fingerprint density at radius 3 is 2.88 bits per heavy atom. The molecule has 2 heterocycles. The molecule has 1 aromatic heterocycles. The first kappa shape index (κ1) is 10.3. The van der Waals surface area contributed by atoms with Crippen LogP contribution in [0.2, 0.25) is 0 Å². The first-order chi connectivity index (χ1) is 7.86. The third-order valence-electron chi connectivity index (χ3n) is 4.31. The van der Waals surface area contributed by atoms with Crippen molar-refractivity contribution < 1.29 is 0 Å². The van der Waals surface area contributed by atoms with Crippen LogP contribution in [-0.2, 0) is 6.54 Å². The minimum atomic E-state index is 0.697. The van der Waals surface area contributed by atoms with Crippen molar-refractivity contribution in [3.05, 3.63) is 30.1 Å². The molecule has 0 bridgehead atoms. The molecule has 1 aliphatic carbocycles. The molecular formula is C14H20N2. The Morgan fingerprint density at radius 1 is 1.25 bits per heavy atom. The second-order valence-electron chi connectivity index (χ2n) is 5.53. The molecule has 0 atom stereocenters. The normalized spacial score (nSPS) is 24.2. The van der Waals surface area contributed by atoms with E-state index in [4.69, 9.17) is 0 Å². The van der Waals surface area contributed by atoms with Crippen LogP contribution in [0.5, 0.6) is 0 Å². The summed E-state index contributed by atoms with van der Waals surface area (Å²) < 4.78 is 0. The number of nitrogens with zero attached hydrogens (tertiary/aromatic N) is 2. The highest BCUT2D eigenvalue weighted by Crippen LogP contribution is 2.45. The Bertz CT molecular complexity index is 341. The summed E-state index contributed by atoms with van der Waals surface area (Å²) in [6.45, 7) is 3.70. The van der Waals surface area contributed by atoms with Crippen molar-refractivity contribution in [1.29, 1.82) is 0 Å². The molecule has 1 aromatic rings. The first-order valence-electron chi connectivity index (χ1n) is 6.48. The fraction of sp³-hybridized carbons (Fsp3) is 0.643. The summed E-state index contributed by atoms with van der Waals surface area (Å²) in [6, 6.07) is 4.23. The van der Waals surface area contributed by atoms with Crippen molar-refractivity contribution >= 4 is 0 Å². The number of pyridine rings is 1. The van der Waals surface area contributed by atoms with Gasteiger partial charge in [-0.15, -0.1) is 0 Å². The summed E-state index contributed by atoms with van der Waals surface area (Å²) in [5, 5.41) is 0. The van der Waals surface area contributed by atoms with Gasteiger partial charge in [-0.2, -0.15) is 0 Å². The largest absolute Gasteiger partial charge is 0.298 e. The van der Waals surface area contributed by atoms with Crippen LogP contribution in [0.25, 0.3) is 0 Å². The van der Waals surface area contributed by atoms with E-state index < -0.39 is 0 Å². The highest BCUT2D eigenvalue weighted by Gasteiger charge is 2.39. The van der Waals surface area contributed by atoms with E-state index in [0.29, 0.717) is 5.41 Å². The van der Waals surface area contributed by atoms with Gasteiger partial charge in [-0.3, -0.25) is 9.88 Å². The fourth-order valence-electron chi connectivity index (χ4n) is 3.45. The van der Waals surface area contributed by atoms with Gasteiger partial charge in [0.2, 0.25) is 0 Å². The summed E-state index contributed by atoms with van der Waals surface area (Å²) in [5.74, 6) is 0. The van der Waals surface area contributed by atoms with Crippen molar-refractivity contribution in [2.24, 2.45) is 5.41 Å². The van der Waals surface area contributed by atoms with E-state index in [-0.39, 0.29) is 0 Å². The number of hydrogen-bond donors (Lipinski definition) is 0. The van der Waals surface area contributed by atoms with Crippen LogP contribution in [0, 0.1) is 5.41 Å². The number of aromatic nitrogens is 1. The lowest BCUT2D eigenvalue weighted by Crippen LogP contribution is -2.24. The molecule has 0 N–H and O–H groups in total. The molecule has 16 heavy (non-hydrogen) atoms. The second-order valence-corrected chi connectivity index (χ2v) is 5.53. The molecule has 1 aliphatic heterocycles. The predicted molar refractivity (Wildman–Crippen MR) is 65.0 cm³/mol. The first-order valence-corrected chi connectivity index (χ1v) is 6.48. The van der Waals surface area contributed by atoms with E-state index in [2.05, 4.69) is 16.0 Å². The molecular weight excluding hydrogens is 196 g/mol. The van der Waals surface area contributed by atoms with E-state index in [9.17, 15) is 0 Å². The minimum absolute atomic E-state index is 0.697. The third-order valence-corrected chi connectivity index (χ3v) is 4.31. The average Bonchev–Trinajstić information content (AvgIpc) is 2.92. The summed E-state index contributed by atoms with van der Waals surface area (Å²) in [6.07, 6.45) is 11.1. The highest BCUT2D eigenvalue weighted by molar-refractivity contribution is 5.09. The second kappa shape index (κ2) is 4.17. The molecule has 0 amide bonds. The molecule has 2 aliphatic rings. The molecule has 2 heteroatoms. The van der Waals surface area contributed by atoms with Crippen LogP contribution < -0.4 is 0 Å². The minimum Gasteiger partial charge on any atom is -0.298 e. The van der Waals surface area contributed by atoms with Gasteiger partial charge in [0.25, 0.3) is 0 Å². The molecule has 2 nitrogen and oxygen atoms in total. The average molecular weight is 216 g/mol. The number of rotatable bonds is 2. The summed E-state index contributed by atoms with van der Waals surface area (Å²) >= 11 is 0. The van der Waals surface area contributed by atoms with Crippen molar-refractivity contribution in [3.8, 4) is 0 Å². The monoisotopic (exact) mass is 216 g/mol. The molecule has 86 valence electrons. The number of likely N-dealkylation sites (tertiary alicyclic amines) is 1. The van der Waals surface area contributed by atoms with E-state index in [0.717, 1.165) is 6.54 Å². The van der Waals surface area contributed by atoms with Crippen molar-refractivity contribution in [2.75, 3.05) is 13.1 Å².